The molecule has 18 heavy (non-hydrogen) atoms. The lowest BCUT2D eigenvalue weighted by atomic mass is 10.0. The SMILES string of the molecule is CCOC(=O)c1c(O)c2c(n(C)c1=O)CC[C@H]2C. The Kier molecular flexibility index (Phi) is 3.15. The number of hydrogen-bond acceptors (Lipinski definition) is 4. The summed E-state index contributed by atoms with van der Waals surface area (Å²) in [6, 6.07) is 0. The number of carbonyl (C=O) groups excluding carboxylic acids is 1. The zero-order valence-corrected chi connectivity index (χ0v) is 10.8. The number of hydrogen-bond donors (Lipinski definition) is 1. The Morgan fingerprint density at radius 2 is 2.22 bits per heavy atom. The molecule has 0 unspecified atom stereocenters. The fourth-order valence-electron chi connectivity index (χ4n) is 2.55. The van der Waals surface area contributed by atoms with Crippen LogP contribution in [-0.4, -0.2) is 22.2 Å². The van der Waals surface area contributed by atoms with Crippen molar-refractivity contribution in [1.82, 2.24) is 4.57 Å². The van der Waals surface area contributed by atoms with Crippen LogP contribution in [0.1, 0.15) is 47.8 Å². The zero-order valence-electron chi connectivity index (χ0n) is 10.8. The predicted octanol–water partition coefficient (Wildman–Crippen LogP) is 1.32. The maximum Gasteiger partial charge on any atom is 0.347 e. The lowest BCUT2D eigenvalue weighted by Gasteiger charge is -2.14. The van der Waals surface area contributed by atoms with E-state index >= 15 is 0 Å². The van der Waals surface area contributed by atoms with E-state index in [0.717, 1.165) is 18.5 Å². The minimum absolute atomic E-state index is 0.153. The van der Waals surface area contributed by atoms with Gasteiger partial charge in [0.05, 0.1) is 6.61 Å². The van der Waals surface area contributed by atoms with Gasteiger partial charge in [-0.2, -0.15) is 0 Å². The summed E-state index contributed by atoms with van der Waals surface area (Å²) >= 11 is 0. The van der Waals surface area contributed by atoms with Gasteiger partial charge in [0, 0.05) is 18.3 Å². The molecule has 1 aliphatic carbocycles. The maximum atomic E-state index is 12.1. The molecule has 0 radical (unpaired) electrons. The molecule has 2 rings (SSSR count). The molecule has 1 heterocycles. The smallest absolute Gasteiger partial charge is 0.347 e. The van der Waals surface area contributed by atoms with Gasteiger partial charge in [-0.15, -0.1) is 0 Å². The van der Waals surface area contributed by atoms with Gasteiger partial charge in [0.1, 0.15) is 5.75 Å². The molecule has 1 N–H and O–H groups in total. The quantitative estimate of drug-likeness (QED) is 0.805. The summed E-state index contributed by atoms with van der Waals surface area (Å²) in [5, 5.41) is 10.2. The van der Waals surface area contributed by atoms with E-state index in [-0.39, 0.29) is 23.8 Å². The number of carbonyl (C=O) groups is 1. The van der Waals surface area contributed by atoms with Crippen LogP contribution in [0.5, 0.6) is 5.75 Å². The average molecular weight is 251 g/mol. The van der Waals surface area contributed by atoms with Crippen LogP contribution in [0.3, 0.4) is 0 Å². The Bertz CT molecular complexity index is 559. The molecule has 0 aromatic carbocycles. The van der Waals surface area contributed by atoms with Crippen LogP contribution in [0.4, 0.5) is 0 Å². The van der Waals surface area contributed by atoms with Crippen LogP contribution in [0, 0.1) is 0 Å². The van der Waals surface area contributed by atoms with E-state index in [9.17, 15) is 14.7 Å². The highest BCUT2D eigenvalue weighted by molar-refractivity contribution is 5.92. The highest BCUT2D eigenvalue weighted by Gasteiger charge is 2.31. The molecule has 0 saturated carbocycles. The summed E-state index contributed by atoms with van der Waals surface area (Å²) in [6.07, 6.45) is 1.63. The van der Waals surface area contributed by atoms with E-state index in [0.29, 0.717) is 5.56 Å². The lowest BCUT2D eigenvalue weighted by molar-refractivity contribution is 0.0520. The monoisotopic (exact) mass is 251 g/mol. The summed E-state index contributed by atoms with van der Waals surface area (Å²) in [7, 11) is 1.63. The molecule has 0 bridgehead atoms. The second kappa shape index (κ2) is 4.48. The molecule has 5 heteroatoms. The molecule has 1 aromatic rings. The summed E-state index contributed by atoms with van der Waals surface area (Å²) in [5.74, 6) is -0.797. The zero-order chi connectivity index (χ0) is 13.4. The Balaban J connectivity index is 2.69. The molecule has 1 aromatic heterocycles. The van der Waals surface area contributed by atoms with Gasteiger partial charge in [-0.25, -0.2) is 4.79 Å². The third-order valence-corrected chi connectivity index (χ3v) is 3.51. The second-order valence-corrected chi connectivity index (χ2v) is 4.61. The topological polar surface area (TPSA) is 68.5 Å². The van der Waals surface area contributed by atoms with Crippen molar-refractivity contribution in [2.75, 3.05) is 6.61 Å². The number of rotatable bonds is 2. The largest absolute Gasteiger partial charge is 0.506 e. The lowest BCUT2D eigenvalue weighted by Crippen LogP contribution is -2.28. The molecule has 1 aliphatic rings. The molecule has 0 amide bonds. The third-order valence-electron chi connectivity index (χ3n) is 3.51. The summed E-state index contributed by atoms with van der Waals surface area (Å²) < 4.78 is 6.28. The standard InChI is InChI=1S/C13H17NO4/c1-4-18-13(17)10-11(15)9-7(2)5-6-8(9)14(3)12(10)16/h7,15H,4-6H2,1-3H3/t7-/m1/s1. The molecule has 0 saturated heterocycles. The Labute approximate surface area is 105 Å². The Morgan fingerprint density at radius 1 is 1.56 bits per heavy atom. The fourth-order valence-corrected chi connectivity index (χ4v) is 2.55. The summed E-state index contributed by atoms with van der Waals surface area (Å²) in [5.41, 5.74) is 0.795. The van der Waals surface area contributed by atoms with Crippen LogP contribution in [0.25, 0.3) is 0 Å². The molecular weight excluding hydrogens is 234 g/mol. The number of ether oxygens (including phenoxy) is 1. The first-order valence-corrected chi connectivity index (χ1v) is 6.10. The van der Waals surface area contributed by atoms with Crippen LogP contribution < -0.4 is 5.56 Å². The van der Waals surface area contributed by atoms with Crippen LogP contribution >= 0.6 is 0 Å². The van der Waals surface area contributed by atoms with Gasteiger partial charge in [-0.3, -0.25) is 4.79 Å². The van der Waals surface area contributed by atoms with Gasteiger partial charge in [-0.1, -0.05) is 6.92 Å². The molecule has 0 fully saturated rings. The van der Waals surface area contributed by atoms with Crippen molar-refractivity contribution >= 4 is 5.97 Å². The van der Waals surface area contributed by atoms with E-state index in [1.54, 1.807) is 14.0 Å². The number of nitrogens with zero attached hydrogens (tertiary/aromatic N) is 1. The van der Waals surface area contributed by atoms with Crippen molar-refractivity contribution in [1.29, 1.82) is 0 Å². The number of aromatic nitrogens is 1. The highest BCUT2D eigenvalue weighted by atomic mass is 16.5. The van der Waals surface area contributed by atoms with E-state index in [1.807, 2.05) is 6.92 Å². The van der Waals surface area contributed by atoms with Crippen molar-refractivity contribution in [3.63, 3.8) is 0 Å². The fraction of sp³-hybridized carbons (Fsp3) is 0.538. The van der Waals surface area contributed by atoms with Crippen molar-refractivity contribution in [3.8, 4) is 5.75 Å². The van der Waals surface area contributed by atoms with Gasteiger partial charge >= 0.3 is 5.97 Å². The molecule has 1 atom stereocenters. The maximum absolute atomic E-state index is 12.1. The van der Waals surface area contributed by atoms with Crippen LogP contribution in [0.15, 0.2) is 4.79 Å². The predicted molar refractivity (Wildman–Crippen MR) is 66.0 cm³/mol. The van der Waals surface area contributed by atoms with Gasteiger partial charge in [-0.05, 0) is 25.7 Å². The number of aromatic hydroxyl groups is 1. The van der Waals surface area contributed by atoms with Crippen molar-refractivity contribution < 1.29 is 14.6 Å². The van der Waals surface area contributed by atoms with Gasteiger partial charge < -0.3 is 14.4 Å². The van der Waals surface area contributed by atoms with Crippen LogP contribution in [-0.2, 0) is 18.2 Å². The first-order valence-electron chi connectivity index (χ1n) is 6.10. The molecule has 98 valence electrons. The van der Waals surface area contributed by atoms with E-state index in [2.05, 4.69) is 0 Å². The Hall–Kier alpha value is -1.78. The number of pyridine rings is 1. The first-order chi connectivity index (χ1) is 8.49. The van der Waals surface area contributed by atoms with E-state index in [4.69, 9.17) is 4.74 Å². The average Bonchev–Trinajstić information content (AvgIpc) is 2.69. The molecular formula is C13H17NO4. The van der Waals surface area contributed by atoms with Crippen molar-refractivity contribution in [3.05, 3.63) is 27.2 Å². The van der Waals surface area contributed by atoms with Gasteiger partial charge in [0.25, 0.3) is 5.56 Å². The number of esters is 1. The van der Waals surface area contributed by atoms with Gasteiger partial charge in [0.15, 0.2) is 5.56 Å². The normalized spacial score (nSPS) is 17.6. The van der Waals surface area contributed by atoms with Crippen LogP contribution in [0.2, 0.25) is 0 Å². The summed E-state index contributed by atoms with van der Waals surface area (Å²) in [6.45, 7) is 3.81. The van der Waals surface area contributed by atoms with E-state index in [1.165, 1.54) is 4.57 Å². The Morgan fingerprint density at radius 3 is 2.83 bits per heavy atom. The summed E-state index contributed by atoms with van der Waals surface area (Å²) in [4.78, 5) is 23.8. The first kappa shape index (κ1) is 12.7. The van der Waals surface area contributed by atoms with Crippen molar-refractivity contribution in [2.24, 2.45) is 7.05 Å². The van der Waals surface area contributed by atoms with Gasteiger partial charge in [0.2, 0.25) is 0 Å². The minimum Gasteiger partial charge on any atom is -0.506 e. The minimum atomic E-state index is -0.752. The molecule has 5 nitrogen and oxygen atoms in total. The molecule has 0 spiro atoms. The second-order valence-electron chi connectivity index (χ2n) is 4.61. The highest BCUT2D eigenvalue weighted by Crippen LogP contribution is 2.38. The third kappa shape index (κ3) is 1.70. The van der Waals surface area contributed by atoms with E-state index < -0.39 is 11.5 Å². The number of fused-ring (bicyclic) bond motifs is 1. The van der Waals surface area contributed by atoms with Crippen molar-refractivity contribution in [2.45, 2.75) is 32.6 Å². The molecule has 0 aliphatic heterocycles.